The van der Waals surface area contributed by atoms with E-state index in [9.17, 15) is 19.2 Å². The summed E-state index contributed by atoms with van der Waals surface area (Å²) in [5.74, 6) is -0.986. The van der Waals surface area contributed by atoms with E-state index in [0.717, 1.165) is 0 Å². The lowest BCUT2D eigenvalue weighted by Gasteiger charge is -2.22. The summed E-state index contributed by atoms with van der Waals surface area (Å²) in [4.78, 5) is 52.9. The van der Waals surface area contributed by atoms with Gasteiger partial charge in [0.2, 0.25) is 0 Å². The van der Waals surface area contributed by atoms with Crippen molar-refractivity contribution in [3.8, 4) is 11.5 Å². The van der Waals surface area contributed by atoms with Gasteiger partial charge in [-0.3, -0.25) is 9.59 Å². The van der Waals surface area contributed by atoms with Gasteiger partial charge in [-0.2, -0.15) is 0 Å². The van der Waals surface area contributed by atoms with Crippen LogP contribution in [0.1, 0.15) is 24.2 Å². The number of fused-ring (bicyclic) bond motifs is 1. The highest BCUT2D eigenvalue weighted by Gasteiger charge is 2.33. The quantitative estimate of drug-likeness (QED) is 0.451. The van der Waals surface area contributed by atoms with Gasteiger partial charge >= 0.3 is 12.2 Å². The Bertz CT molecular complexity index is 1330. The molecule has 3 rings (SSSR count). The Morgan fingerprint density at radius 2 is 1.66 bits per heavy atom. The lowest BCUT2D eigenvalue weighted by molar-refractivity contribution is 0.0952. The SMILES string of the molecule is CCOC(=O)Oc1c(C(=O)N(C(=O)OCC)c2ccc(OC)cc2)c(=O)n(C)c2ccc(Cl)cc12. The predicted octanol–water partition coefficient (Wildman–Crippen LogP) is 4.54. The molecule has 0 aliphatic heterocycles. The molecule has 0 radical (unpaired) electrons. The predicted molar refractivity (Wildman–Crippen MR) is 129 cm³/mol. The van der Waals surface area contributed by atoms with Gasteiger partial charge in [0.05, 0.1) is 31.5 Å². The Morgan fingerprint density at radius 1 is 1.00 bits per heavy atom. The van der Waals surface area contributed by atoms with E-state index >= 15 is 0 Å². The number of halogens is 1. The number of methoxy groups -OCH3 is 1. The van der Waals surface area contributed by atoms with Crippen molar-refractivity contribution in [3.63, 3.8) is 0 Å². The fraction of sp³-hybridized carbons (Fsp3) is 0.250. The lowest BCUT2D eigenvalue weighted by Crippen LogP contribution is -2.41. The van der Waals surface area contributed by atoms with Crippen molar-refractivity contribution in [1.82, 2.24) is 4.57 Å². The Kier molecular flexibility index (Phi) is 7.98. The number of benzene rings is 2. The summed E-state index contributed by atoms with van der Waals surface area (Å²) in [6, 6.07) is 10.5. The second-order valence-corrected chi connectivity index (χ2v) is 7.49. The fourth-order valence-corrected chi connectivity index (χ4v) is 3.53. The number of anilines is 1. The summed E-state index contributed by atoms with van der Waals surface area (Å²) in [6.07, 6.45) is -2.17. The fourth-order valence-electron chi connectivity index (χ4n) is 3.35. The number of ether oxygens (including phenoxy) is 4. The van der Waals surface area contributed by atoms with Crippen molar-refractivity contribution >= 4 is 46.3 Å². The van der Waals surface area contributed by atoms with Crippen LogP contribution in [-0.4, -0.2) is 43.0 Å². The maximum Gasteiger partial charge on any atom is 0.513 e. The van der Waals surface area contributed by atoms with Gasteiger partial charge in [-0.1, -0.05) is 11.6 Å². The van der Waals surface area contributed by atoms with E-state index in [2.05, 4.69) is 0 Å². The highest BCUT2D eigenvalue weighted by Crippen LogP contribution is 2.32. The standard InChI is InChI=1S/C24H23ClN2O8/c1-5-33-23(30)27(15-8-10-16(32-4)11-9-15)22(29)19-20(35-24(31)34-6-2)17-13-14(25)7-12-18(17)26(3)21(19)28/h7-13H,5-6H2,1-4H3. The van der Waals surface area contributed by atoms with E-state index in [0.29, 0.717) is 16.2 Å². The smallest absolute Gasteiger partial charge is 0.497 e. The number of nitrogens with zero attached hydrogens (tertiary/aromatic N) is 2. The maximum atomic E-state index is 13.8. The Hall–Kier alpha value is -4.05. The molecule has 0 saturated heterocycles. The summed E-state index contributed by atoms with van der Waals surface area (Å²) >= 11 is 6.15. The van der Waals surface area contributed by atoms with E-state index in [4.69, 9.17) is 30.5 Å². The topological polar surface area (TPSA) is 113 Å². The van der Waals surface area contributed by atoms with Crippen molar-refractivity contribution in [2.75, 3.05) is 25.2 Å². The van der Waals surface area contributed by atoms with Crippen LogP contribution in [0.3, 0.4) is 0 Å². The Balaban J connectivity index is 2.30. The minimum absolute atomic E-state index is 0.00750. The van der Waals surface area contributed by atoms with Gasteiger partial charge in [-0.05, 0) is 56.3 Å². The number of aryl methyl sites for hydroxylation is 1. The zero-order valence-electron chi connectivity index (χ0n) is 19.5. The van der Waals surface area contributed by atoms with Gasteiger partial charge in [-0.25, -0.2) is 14.5 Å². The zero-order chi connectivity index (χ0) is 25.7. The van der Waals surface area contributed by atoms with Crippen LogP contribution >= 0.6 is 11.6 Å². The van der Waals surface area contributed by atoms with Gasteiger partial charge < -0.3 is 23.5 Å². The normalized spacial score (nSPS) is 10.5. The second kappa shape index (κ2) is 10.9. The van der Waals surface area contributed by atoms with Gasteiger partial charge in [-0.15, -0.1) is 0 Å². The number of hydrogen-bond donors (Lipinski definition) is 0. The van der Waals surface area contributed by atoms with Crippen LogP contribution in [0.25, 0.3) is 10.9 Å². The molecule has 184 valence electrons. The first-order valence-corrected chi connectivity index (χ1v) is 10.9. The first-order valence-electron chi connectivity index (χ1n) is 10.6. The van der Waals surface area contributed by atoms with Crippen LogP contribution in [0.2, 0.25) is 5.02 Å². The summed E-state index contributed by atoms with van der Waals surface area (Å²) in [5, 5.41) is 0.454. The van der Waals surface area contributed by atoms with Crippen LogP contribution in [0.5, 0.6) is 11.5 Å². The molecule has 1 heterocycles. The number of pyridine rings is 1. The van der Waals surface area contributed by atoms with Gasteiger partial charge in [0.25, 0.3) is 11.5 Å². The molecular weight excluding hydrogens is 480 g/mol. The number of carbonyl (C=O) groups excluding carboxylic acids is 3. The van der Waals surface area contributed by atoms with Crippen LogP contribution in [0.4, 0.5) is 15.3 Å². The number of aromatic nitrogens is 1. The van der Waals surface area contributed by atoms with Gasteiger partial charge in [0.1, 0.15) is 11.3 Å². The summed E-state index contributed by atoms with van der Waals surface area (Å²) in [7, 11) is 2.90. The molecular formula is C24H23ClN2O8. The van der Waals surface area contributed by atoms with E-state index < -0.39 is 35.0 Å². The molecule has 0 saturated carbocycles. The number of carbonyl (C=O) groups is 3. The molecule has 0 aliphatic carbocycles. The van der Waals surface area contributed by atoms with Crippen molar-refractivity contribution in [2.24, 2.45) is 7.05 Å². The molecule has 0 aliphatic rings. The molecule has 11 heteroatoms. The molecule has 2 amide bonds. The first kappa shape index (κ1) is 25.6. The minimum atomic E-state index is -1.14. The number of amides is 2. The average Bonchev–Trinajstić information content (AvgIpc) is 2.83. The maximum absolute atomic E-state index is 13.8. The Labute approximate surface area is 205 Å². The summed E-state index contributed by atoms with van der Waals surface area (Å²) in [6.45, 7) is 3.10. The average molecular weight is 503 g/mol. The lowest BCUT2D eigenvalue weighted by atomic mass is 10.1. The third-order valence-electron chi connectivity index (χ3n) is 4.96. The van der Waals surface area contributed by atoms with Crippen LogP contribution < -0.4 is 19.9 Å². The molecule has 0 unspecified atom stereocenters. The molecule has 35 heavy (non-hydrogen) atoms. The Morgan fingerprint density at radius 3 is 2.26 bits per heavy atom. The number of hydrogen-bond acceptors (Lipinski definition) is 8. The van der Waals surface area contributed by atoms with Gasteiger partial charge in [0.15, 0.2) is 5.75 Å². The van der Waals surface area contributed by atoms with Crippen LogP contribution in [0.15, 0.2) is 47.3 Å². The largest absolute Gasteiger partial charge is 0.513 e. The summed E-state index contributed by atoms with van der Waals surface area (Å²) < 4.78 is 21.6. The van der Waals surface area contributed by atoms with E-state index in [1.807, 2.05) is 0 Å². The van der Waals surface area contributed by atoms with E-state index in [1.54, 1.807) is 19.9 Å². The molecule has 0 bridgehead atoms. The van der Waals surface area contributed by atoms with Crippen molar-refractivity contribution < 1.29 is 33.3 Å². The third kappa shape index (κ3) is 5.22. The molecule has 3 aromatic rings. The second-order valence-electron chi connectivity index (χ2n) is 7.05. The van der Waals surface area contributed by atoms with Crippen molar-refractivity contribution in [3.05, 3.63) is 63.4 Å². The number of rotatable bonds is 6. The first-order chi connectivity index (χ1) is 16.7. The highest BCUT2D eigenvalue weighted by molar-refractivity contribution is 6.31. The third-order valence-corrected chi connectivity index (χ3v) is 5.19. The molecule has 0 fully saturated rings. The monoisotopic (exact) mass is 502 g/mol. The van der Waals surface area contributed by atoms with Crippen molar-refractivity contribution in [2.45, 2.75) is 13.8 Å². The van der Waals surface area contributed by atoms with Crippen LogP contribution in [0, 0.1) is 0 Å². The number of imide groups is 1. The minimum Gasteiger partial charge on any atom is -0.497 e. The summed E-state index contributed by atoms with van der Waals surface area (Å²) in [5.41, 5.74) is -0.960. The molecule has 1 aromatic heterocycles. The van der Waals surface area contributed by atoms with Crippen molar-refractivity contribution in [1.29, 1.82) is 0 Å². The van der Waals surface area contributed by atoms with Gasteiger partial charge in [0, 0.05) is 17.5 Å². The zero-order valence-corrected chi connectivity index (χ0v) is 20.2. The molecule has 0 spiro atoms. The highest BCUT2D eigenvalue weighted by atomic mass is 35.5. The molecule has 2 aromatic carbocycles. The molecule has 10 nitrogen and oxygen atoms in total. The van der Waals surface area contributed by atoms with E-state index in [-0.39, 0.29) is 29.3 Å². The van der Waals surface area contributed by atoms with E-state index in [1.165, 1.54) is 55.1 Å². The molecule has 0 atom stereocenters. The molecule has 0 N–H and O–H groups in total. The van der Waals surface area contributed by atoms with Crippen LogP contribution in [-0.2, 0) is 16.5 Å².